The molecule has 0 radical (unpaired) electrons. The summed E-state index contributed by atoms with van der Waals surface area (Å²) in [6.07, 6.45) is 6.90. The summed E-state index contributed by atoms with van der Waals surface area (Å²) in [5.41, 5.74) is 10.5. The largest absolute Gasteiger partial charge is 0.382 e. The van der Waals surface area contributed by atoms with Crippen molar-refractivity contribution in [3.63, 3.8) is 0 Å². The lowest BCUT2D eigenvalue weighted by atomic mass is 9.93. The monoisotopic (exact) mass is 563 g/mol. The second-order valence-corrected chi connectivity index (χ2v) is 10.7. The number of halogens is 1. The van der Waals surface area contributed by atoms with E-state index in [0.717, 1.165) is 48.3 Å². The van der Waals surface area contributed by atoms with Crippen LogP contribution in [-0.4, -0.2) is 50.1 Å². The number of amides is 1. The third-order valence-electron chi connectivity index (χ3n) is 7.04. The number of hydrogen-bond donors (Lipinski definition) is 2. The fourth-order valence-corrected chi connectivity index (χ4v) is 5.31. The molecule has 1 saturated heterocycles. The molecule has 0 aliphatic carbocycles. The Morgan fingerprint density at radius 3 is 2.54 bits per heavy atom. The van der Waals surface area contributed by atoms with E-state index in [0.29, 0.717) is 21.9 Å². The highest BCUT2D eigenvalue weighted by Gasteiger charge is 2.25. The minimum atomic E-state index is -0.454. The average Bonchev–Trinajstić information content (AvgIpc) is 3.27. The van der Waals surface area contributed by atoms with Crippen LogP contribution in [0.5, 0.6) is 0 Å². The van der Waals surface area contributed by atoms with Crippen molar-refractivity contribution >= 4 is 38.9 Å². The van der Waals surface area contributed by atoms with Gasteiger partial charge in [0.25, 0.3) is 5.91 Å². The predicted octanol–water partition coefficient (Wildman–Crippen LogP) is 4.55. The van der Waals surface area contributed by atoms with Crippen molar-refractivity contribution in [3.8, 4) is 11.1 Å². The van der Waals surface area contributed by atoms with Crippen LogP contribution in [0.3, 0.4) is 0 Å². The van der Waals surface area contributed by atoms with Crippen LogP contribution >= 0.6 is 15.9 Å². The van der Waals surface area contributed by atoms with E-state index in [1.807, 2.05) is 47.2 Å². The molecule has 9 nitrogen and oxygen atoms in total. The van der Waals surface area contributed by atoms with Gasteiger partial charge in [0.15, 0.2) is 5.82 Å². The Balaban J connectivity index is 1.44. The molecule has 1 aromatic carbocycles. The number of likely N-dealkylation sites (tertiary alicyclic amines) is 1. The van der Waals surface area contributed by atoms with Crippen molar-refractivity contribution in [2.75, 3.05) is 31.2 Å². The lowest BCUT2D eigenvalue weighted by Crippen LogP contribution is -2.29. The van der Waals surface area contributed by atoms with Crippen LogP contribution < -0.4 is 16.5 Å². The van der Waals surface area contributed by atoms with E-state index in [9.17, 15) is 9.59 Å². The zero-order chi connectivity index (χ0) is 26.3. The maximum absolute atomic E-state index is 13.0. The first-order valence-electron chi connectivity index (χ1n) is 12.4. The topological polar surface area (TPSA) is 111 Å². The molecule has 4 aromatic rings. The second-order valence-electron chi connectivity index (χ2n) is 9.89. The Labute approximate surface area is 223 Å². The van der Waals surface area contributed by atoms with Crippen LogP contribution in [0, 0.1) is 0 Å². The number of carbonyl (C=O) groups excluding carboxylic acids is 1. The van der Waals surface area contributed by atoms with Gasteiger partial charge in [-0.1, -0.05) is 12.1 Å². The number of nitrogens with one attached hydrogen (secondary N) is 1. The van der Waals surface area contributed by atoms with E-state index in [1.165, 1.54) is 6.33 Å². The summed E-state index contributed by atoms with van der Waals surface area (Å²) in [5, 5.41) is 7.38. The molecule has 1 aliphatic rings. The number of anilines is 2. The predicted molar refractivity (Wildman–Crippen MR) is 149 cm³/mol. The van der Waals surface area contributed by atoms with Crippen LogP contribution in [0.1, 0.15) is 54.7 Å². The number of benzene rings is 1. The molecule has 5 rings (SSSR count). The molecule has 0 spiro atoms. The summed E-state index contributed by atoms with van der Waals surface area (Å²) in [4.78, 5) is 32.1. The van der Waals surface area contributed by atoms with Gasteiger partial charge in [0.05, 0.1) is 4.47 Å². The number of pyridine rings is 1. The van der Waals surface area contributed by atoms with E-state index in [-0.39, 0.29) is 17.0 Å². The van der Waals surface area contributed by atoms with Gasteiger partial charge in [0, 0.05) is 41.3 Å². The first-order valence-corrected chi connectivity index (χ1v) is 13.2. The number of nitrogens with two attached hydrogens (primary N) is 1. The third-order valence-corrected chi connectivity index (χ3v) is 7.61. The quantitative estimate of drug-likeness (QED) is 0.368. The Hall–Kier alpha value is -3.50. The zero-order valence-electron chi connectivity index (χ0n) is 21.1. The second kappa shape index (κ2) is 10.1. The molecule has 10 heteroatoms. The molecule has 3 aromatic heterocycles. The Kier molecular flexibility index (Phi) is 6.87. The molecule has 1 aliphatic heterocycles. The van der Waals surface area contributed by atoms with Gasteiger partial charge in [-0.2, -0.15) is 5.10 Å². The number of hydrogen-bond acceptors (Lipinski definition) is 6. The van der Waals surface area contributed by atoms with Gasteiger partial charge in [0.2, 0.25) is 5.43 Å². The molecule has 0 bridgehead atoms. The van der Waals surface area contributed by atoms with Crippen molar-refractivity contribution in [1.29, 1.82) is 0 Å². The smallest absolute Gasteiger partial charge is 0.261 e. The molecule has 0 saturated carbocycles. The molecule has 4 heterocycles. The summed E-state index contributed by atoms with van der Waals surface area (Å²) in [7, 11) is 2.15. The molecule has 3 N–H and O–H groups in total. The highest BCUT2D eigenvalue weighted by Crippen LogP contribution is 2.36. The van der Waals surface area contributed by atoms with Crippen molar-refractivity contribution in [3.05, 3.63) is 75.0 Å². The maximum Gasteiger partial charge on any atom is 0.261 e. The van der Waals surface area contributed by atoms with Crippen molar-refractivity contribution in [2.45, 2.75) is 38.6 Å². The van der Waals surface area contributed by atoms with Crippen molar-refractivity contribution in [2.24, 2.45) is 0 Å². The summed E-state index contributed by atoms with van der Waals surface area (Å²) >= 11 is 3.28. The van der Waals surface area contributed by atoms with Crippen LogP contribution in [0.15, 0.2) is 58.3 Å². The number of rotatable bonds is 5. The van der Waals surface area contributed by atoms with E-state index in [1.54, 1.807) is 12.4 Å². The number of aromatic nitrogens is 4. The van der Waals surface area contributed by atoms with Gasteiger partial charge in [-0.3, -0.25) is 9.59 Å². The van der Waals surface area contributed by atoms with Crippen molar-refractivity contribution < 1.29 is 4.79 Å². The zero-order valence-corrected chi connectivity index (χ0v) is 22.7. The molecule has 0 unspecified atom stereocenters. The minimum Gasteiger partial charge on any atom is -0.382 e. The highest BCUT2D eigenvalue weighted by atomic mass is 79.9. The number of nitrogen functional groups attached to an aromatic ring is 1. The van der Waals surface area contributed by atoms with E-state index < -0.39 is 5.91 Å². The SMILES string of the molecule is CC(C)n1cc(Br)c(=O)c(C(=O)Nc2ccc(-c3cc(C4CCN(C)CC4)n4ncnc(N)c34)cc2)c1. The van der Waals surface area contributed by atoms with E-state index in [4.69, 9.17) is 5.73 Å². The molecule has 37 heavy (non-hydrogen) atoms. The third kappa shape index (κ3) is 4.91. The molecular weight excluding hydrogens is 534 g/mol. The fraction of sp³-hybridized carbons (Fsp3) is 0.333. The van der Waals surface area contributed by atoms with Gasteiger partial charge in [-0.05, 0) is 86.5 Å². The van der Waals surface area contributed by atoms with Gasteiger partial charge in [-0.25, -0.2) is 9.50 Å². The number of piperidine rings is 1. The lowest BCUT2D eigenvalue weighted by Gasteiger charge is -2.28. The number of carbonyl (C=O) groups is 1. The van der Waals surface area contributed by atoms with Crippen LogP contribution in [0.2, 0.25) is 0 Å². The first kappa shape index (κ1) is 25.2. The van der Waals surface area contributed by atoms with Crippen molar-refractivity contribution in [1.82, 2.24) is 24.1 Å². The van der Waals surface area contributed by atoms with Gasteiger partial charge >= 0.3 is 0 Å². The molecule has 1 fully saturated rings. The fourth-order valence-electron chi connectivity index (χ4n) is 4.86. The van der Waals surface area contributed by atoms with Gasteiger partial charge < -0.3 is 20.5 Å². The molecule has 0 atom stereocenters. The van der Waals surface area contributed by atoms with Crippen LogP contribution in [0.4, 0.5) is 11.5 Å². The van der Waals surface area contributed by atoms with E-state index >= 15 is 0 Å². The van der Waals surface area contributed by atoms with Crippen LogP contribution in [0.25, 0.3) is 16.6 Å². The summed E-state index contributed by atoms with van der Waals surface area (Å²) < 4.78 is 4.11. The summed E-state index contributed by atoms with van der Waals surface area (Å²) in [6, 6.07) is 9.79. The Bertz CT molecular complexity index is 1520. The van der Waals surface area contributed by atoms with Gasteiger partial charge in [-0.15, -0.1) is 0 Å². The summed E-state index contributed by atoms with van der Waals surface area (Å²) in [5.74, 6) is 0.369. The normalized spacial score (nSPS) is 14.9. The first-order chi connectivity index (χ1) is 17.7. The number of fused-ring (bicyclic) bond motifs is 1. The number of nitrogens with zero attached hydrogens (tertiary/aromatic N) is 5. The van der Waals surface area contributed by atoms with Gasteiger partial charge in [0.1, 0.15) is 17.4 Å². The highest BCUT2D eigenvalue weighted by molar-refractivity contribution is 9.10. The maximum atomic E-state index is 13.0. The lowest BCUT2D eigenvalue weighted by molar-refractivity contribution is 0.102. The average molecular weight is 564 g/mol. The molecule has 192 valence electrons. The standard InChI is InChI=1S/C27H30BrN7O2/c1-16(2)34-13-21(25(36)22(28)14-34)27(37)32-19-6-4-17(5-7-19)20-12-23(18-8-10-33(3)11-9-18)35-24(20)26(29)30-15-31-35/h4-7,12-16,18H,8-11H2,1-3H3,(H,32,37)(H2,29,30,31). The Morgan fingerprint density at radius 1 is 1.16 bits per heavy atom. The van der Waals surface area contributed by atoms with E-state index in [2.05, 4.69) is 49.3 Å². The van der Waals surface area contributed by atoms with Crippen LogP contribution in [-0.2, 0) is 0 Å². The molecule has 1 amide bonds. The minimum absolute atomic E-state index is 0.0817. The summed E-state index contributed by atoms with van der Waals surface area (Å²) in [6.45, 7) is 6.06. The molecular formula is C27H30BrN7O2. The Morgan fingerprint density at radius 2 is 1.86 bits per heavy atom.